The van der Waals surface area contributed by atoms with Gasteiger partial charge in [-0.05, 0) is 66.6 Å². The predicted molar refractivity (Wildman–Crippen MR) is 143 cm³/mol. The van der Waals surface area contributed by atoms with Crippen LogP contribution in [0.2, 0.25) is 0 Å². The van der Waals surface area contributed by atoms with Crippen molar-refractivity contribution in [3.8, 4) is 11.5 Å². The number of anilines is 1. The lowest BCUT2D eigenvalue weighted by Gasteiger charge is -2.14. The number of amides is 1. The Morgan fingerprint density at radius 2 is 1.82 bits per heavy atom. The molecule has 0 radical (unpaired) electrons. The number of halogens is 3. The molecule has 0 fully saturated rings. The fourth-order valence-corrected chi connectivity index (χ4v) is 4.66. The molecule has 39 heavy (non-hydrogen) atoms. The summed E-state index contributed by atoms with van der Waals surface area (Å²) in [7, 11) is 0. The van der Waals surface area contributed by atoms with E-state index in [1.807, 2.05) is 24.3 Å². The molecule has 1 amide bonds. The zero-order chi connectivity index (χ0) is 28.0. The number of carbonyl (C=O) groups is 2. The van der Waals surface area contributed by atoms with Crippen molar-refractivity contribution >= 4 is 50.8 Å². The van der Waals surface area contributed by atoms with Gasteiger partial charge in [-0.25, -0.2) is 4.98 Å². The van der Waals surface area contributed by atoms with E-state index < -0.39 is 30.2 Å². The number of hydrogen-bond acceptors (Lipinski definition) is 6. The Morgan fingerprint density at radius 3 is 2.54 bits per heavy atom. The number of carboxylic acids is 1. The number of aromatic nitrogens is 1. The summed E-state index contributed by atoms with van der Waals surface area (Å²) in [5, 5.41) is 12.4. The molecule has 0 aliphatic heterocycles. The van der Waals surface area contributed by atoms with Gasteiger partial charge < -0.3 is 19.9 Å². The monoisotopic (exact) mass is 556 g/mol. The third kappa shape index (κ3) is 7.35. The molecule has 4 aromatic rings. The number of rotatable bonds is 10. The van der Waals surface area contributed by atoms with Crippen molar-refractivity contribution in [3.63, 3.8) is 0 Å². The number of thiazole rings is 1. The molecule has 0 aliphatic carbocycles. The predicted octanol–water partition coefficient (Wildman–Crippen LogP) is 6.75. The summed E-state index contributed by atoms with van der Waals surface area (Å²) in [5.74, 6) is -1.09. The highest BCUT2D eigenvalue weighted by molar-refractivity contribution is 7.19. The van der Waals surface area contributed by atoms with Crippen LogP contribution in [0.15, 0.2) is 66.7 Å². The lowest BCUT2D eigenvalue weighted by molar-refractivity contribution is -0.138. The SMILES string of the molecule is CCOc1cc(C=C(CC(=O)O)c2nc3ccccc3s2)ccc1OCC(=O)Nc1cccc(C(F)(F)F)c1. The fraction of sp³-hybridized carbons (Fsp3) is 0.179. The van der Waals surface area contributed by atoms with E-state index >= 15 is 0 Å². The van der Waals surface area contributed by atoms with Crippen LogP contribution in [0.3, 0.4) is 0 Å². The van der Waals surface area contributed by atoms with E-state index in [1.54, 1.807) is 31.2 Å². The third-order valence-electron chi connectivity index (χ3n) is 5.35. The molecule has 0 spiro atoms. The Kier molecular flexibility index (Phi) is 8.50. The topological polar surface area (TPSA) is 97.8 Å². The summed E-state index contributed by atoms with van der Waals surface area (Å²) in [4.78, 5) is 28.5. The molecule has 4 rings (SSSR count). The molecule has 11 heteroatoms. The summed E-state index contributed by atoms with van der Waals surface area (Å²) >= 11 is 1.39. The number of carboxylic acid groups (broad SMARTS) is 1. The highest BCUT2D eigenvalue weighted by atomic mass is 32.1. The molecule has 0 saturated heterocycles. The van der Waals surface area contributed by atoms with Crippen LogP contribution in [0.4, 0.5) is 18.9 Å². The van der Waals surface area contributed by atoms with Gasteiger partial charge in [-0.1, -0.05) is 24.3 Å². The van der Waals surface area contributed by atoms with Gasteiger partial charge in [0.25, 0.3) is 5.91 Å². The maximum Gasteiger partial charge on any atom is 0.416 e. The number of nitrogens with one attached hydrogen (secondary N) is 1. The van der Waals surface area contributed by atoms with E-state index in [0.29, 0.717) is 28.5 Å². The van der Waals surface area contributed by atoms with Gasteiger partial charge in [0.05, 0.1) is 28.8 Å². The maximum absolute atomic E-state index is 12.9. The highest BCUT2D eigenvalue weighted by Crippen LogP contribution is 2.34. The van der Waals surface area contributed by atoms with Crippen LogP contribution in [-0.2, 0) is 15.8 Å². The molecule has 0 atom stereocenters. The lowest BCUT2D eigenvalue weighted by Crippen LogP contribution is -2.20. The number of hydrogen-bond donors (Lipinski definition) is 2. The minimum atomic E-state index is -4.53. The van der Waals surface area contributed by atoms with Gasteiger partial charge in [0.2, 0.25) is 0 Å². The molecular formula is C28H23F3N2O5S. The number of ether oxygens (including phenoxy) is 2. The number of benzene rings is 3. The van der Waals surface area contributed by atoms with E-state index in [2.05, 4.69) is 10.3 Å². The van der Waals surface area contributed by atoms with Crippen LogP contribution in [0, 0.1) is 0 Å². The first kappa shape index (κ1) is 27.6. The lowest BCUT2D eigenvalue weighted by atomic mass is 10.1. The van der Waals surface area contributed by atoms with Crippen molar-refractivity contribution in [1.29, 1.82) is 0 Å². The Hall–Kier alpha value is -4.38. The summed E-state index contributed by atoms with van der Waals surface area (Å²) in [6.07, 6.45) is -3.06. The Balaban J connectivity index is 1.52. The second kappa shape index (κ2) is 12.0. The number of aliphatic carboxylic acids is 1. The van der Waals surface area contributed by atoms with E-state index in [4.69, 9.17) is 9.47 Å². The number of fused-ring (bicyclic) bond motifs is 1. The summed E-state index contributed by atoms with van der Waals surface area (Å²) in [6.45, 7) is 1.59. The molecule has 1 heterocycles. The second-order valence-corrected chi connectivity index (χ2v) is 9.31. The molecule has 7 nitrogen and oxygen atoms in total. The number of alkyl halides is 3. The Labute approximate surface area is 225 Å². The maximum atomic E-state index is 12.9. The first-order chi connectivity index (χ1) is 18.6. The van der Waals surface area contributed by atoms with Crippen molar-refractivity contribution in [3.05, 3.63) is 82.9 Å². The smallest absolute Gasteiger partial charge is 0.416 e. The van der Waals surface area contributed by atoms with Crippen LogP contribution < -0.4 is 14.8 Å². The minimum Gasteiger partial charge on any atom is -0.490 e. The standard InChI is InChI=1S/C28H23F3N2O5S/c1-2-37-23-13-17(12-18(14-26(35)36)27-33-21-8-3-4-9-24(21)39-27)10-11-22(23)38-16-25(34)32-20-7-5-6-19(15-20)28(29,30)31/h3-13,15H,2,14,16H2,1H3,(H,32,34)(H,35,36). The number of nitrogens with zero attached hydrogens (tertiary/aromatic N) is 1. The molecule has 3 aromatic carbocycles. The average Bonchev–Trinajstić information content (AvgIpc) is 3.32. The number of carbonyl (C=O) groups excluding carboxylic acids is 1. The zero-order valence-corrected chi connectivity index (χ0v) is 21.4. The minimum absolute atomic E-state index is 0.00949. The molecule has 1 aromatic heterocycles. The van der Waals surface area contributed by atoms with Gasteiger partial charge in [-0.3, -0.25) is 9.59 Å². The molecule has 0 bridgehead atoms. The second-order valence-electron chi connectivity index (χ2n) is 8.28. The quantitative estimate of drug-likeness (QED) is 0.224. The van der Waals surface area contributed by atoms with E-state index in [0.717, 1.165) is 22.3 Å². The van der Waals surface area contributed by atoms with Gasteiger partial charge in [0, 0.05) is 5.69 Å². The van der Waals surface area contributed by atoms with Crippen molar-refractivity contribution in [1.82, 2.24) is 4.98 Å². The van der Waals surface area contributed by atoms with Gasteiger partial charge in [-0.15, -0.1) is 11.3 Å². The van der Waals surface area contributed by atoms with Crippen LogP contribution in [-0.4, -0.2) is 35.2 Å². The normalized spacial score (nSPS) is 11.8. The van der Waals surface area contributed by atoms with Crippen molar-refractivity contribution in [2.45, 2.75) is 19.5 Å². The molecule has 2 N–H and O–H groups in total. The highest BCUT2D eigenvalue weighted by Gasteiger charge is 2.30. The summed E-state index contributed by atoms with van der Waals surface area (Å²) < 4.78 is 50.9. The van der Waals surface area contributed by atoms with Crippen molar-refractivity contribution in [2.75, 3.05) is 18.5 Å². The first-order valence-corrected chi connectivity index (χ1v) is 12.6. The fourth-order valence-electron chi connectivity index (χ4n) is 3.68. The molecule has 0 unspecified atom stereocenters. The van der Waals surface area contributed by atoms with Gasteiger partial charge >= 0.3 is 12.1 Å². The molecule has 0 saturated carbocycles. The summed E-state index contributed by atoms with van der Waals surface area (Å²) in [6, 6.07) is 16.7. The largest absolute Gasteiger partial charge is 0.490 e. The van der Waals surface area contributed by atoms with Crippen LogP contribution >= 0.6 is 11.3 Å². The van der Waals surface area contributed by atoms with E-state index in [-0.39, 0.29) is 17.9 Å². The Bertz CT molecular complexity index is 1500. The molecular weight excluding hydrogens is 533 g/mol. The molecule has 0 aliphatic rings. The van der Waals surface area contributed by atoms with Gasteiger partial charge in [-0.2, -0.15) is 13.2 Å². The van der Waals surface area contributed by atoms with E-state index in [9.17, 15) is 27.9 Å². The Morgan fingerprint density at radius 1 is 1.03 bits per heavy atom. The van der Waals surface area contributed by atoms with E-state index in [1.165, 1.54) is 23.5 Å². The van der Waals surface area contributed by atoms with Gasteiger partial charge in [0.15, 0.2) is 18.1 Å². The average molecular weight is 557 g/mol. The van der Waals surface area contributed by atoms with Crippen LogP contribution in [0.25, 0.3) is 21.9 Å². The number of para-hydroxylation sites is 1. The first-order valence-electron chi connectivity index (χ1n) is 11.8. The van der Waals surface area contributed by atoms with Crippen LogP contribution in [0.1, 0.15) is 29.5 Å². The van der Waals surface area contributed by atoms with Crippen molar-refractivity contribution in [2.24, 2.45) is 0 Å². The zero-order valence-electron chi connectivity index (χ0n) is 20.6. The van der Waals surface area contributed by atoms with Gasteiger partial charge in [0.1, 0.15) is 5.01 Å². The molecule has 202 valence electrons. The van der Waals surface area contributed by atoms with Crippen molar-refractivity contribution < 1.29 is 37.3 Å². The van der Waals surface area contributed by atoms with Crippen LogP contribution in [0.5, 0.6) is 11.5 Å². The third-order valence-corrected chi connectivity index (χ3v) is 6.46. The summed E-state index contributed by atoms with van der Waals surface area (Å²) in [5.41, 5.74) is 1.03.